The van der Waals surface area contributed by atoms with Crippen LogP contribution in [0.3, 0.4) is 0 Å². The number of aryl methyl sites for hydroxylation is 1. The Hall–Kier alpha value is -2.64. The van der Waals surface area contributed by atoms with E-state index < -0.39 is 35.2 Å². The Balaban J connectivity index is 2.45. The molecule has 0 fully saturated rings. The van der Waals surface area contributed by atoms with E-state index >= 15 is 0 Å². The second kappa shape index (κ2) is 7.94. The van der Waals surface area contributed by atoms with Crippen LogP contribution in [0.25, 0.3) is 0 Å². The molecule has 0 aliphatic heterocycles. The summed E-state index contributed by atoms with van der Waals surface area (Å²) in [6.45, 7) is 10.7. The van der Waals surface area contributed by atoms with Gasteiger partial charge in [-0.1, -0.05) is 19.9 Å². The van der Waals surface area contributed by atoms with Gasteiger partial charge in [0.05, 0.1) is 0 Å². The molecule has 0 spiro atoms. The molecule has 0 radical (unpaired) electrons. The Bertz CT molecular complexity index is 867. The first-order valence-electron chi connectivity index (χ1n) is 8.86. The number of aromatic amines is 1. The lowest BCUT2D eigenvalue weighted by atomic mass is 9.87. The molecule has 7 nitrogen and oxygen atoms in total. The maximum atomic E-state index is 14.6. The molecular formula is C19H26FN3O4. The van der Waals surface area contributed by atoms with Crippen LogP contribution in [-0.4, -0.2) is 21.9 Å². The van der Waals surface area contributed by atoms with Crippen molar-refractivity contribution in [2.75, 3.05) is 0 Å². The topological polar surface area (TPSA) is 97.2 Å². The Kier molecular flexibility index (Phi) is 6.08. The second-order valence-corrected chi connectivity index (χ2v) is 7.46. The minimum atomic E-state index is -0.890. The van der Waals surface area contributed by atoms with Gasteiger partial charge in [-0.3, -0.25) is 0 Å². The quantitative estimate of drug-likeness (QED) is 0.825. The average molecular weight is 379 g/mol. The Morgan fingerprint density at radius 1 is 1.41 bits per heavy atom. The minimum absolute atomic E-state index is 0.0425. The van der Waals surface area contributed by atoms with Crippen LogP contribution in [-0.2, 0) is 11.2 Å². The summed E-state index contributed by atoms with van der Waals surface area (Å²) in [5.41, 5.74) is 1.51. The Morgan fingerprint density at radius 2 is 2.07 bits per heavy atom. The van der Waals surface area contributed by atoms with Gasteiger partial charge in [-0.05, 0) is 56.9 Å². The highest BCUT2D eigenvalue weighted by Gasteiger charge is 2.32. The van der Waals surface area contributed by atoms with Crippen LogP contribution in [0, 0.1) is 12.7 Å². The molecule has 148 valence electrons. The van der Waals surface area contributed by atoms with Crippen LogP contribution in [0.1, 0.15) is 69.2 Å². The lowest BCUT2D eigenvalue weighted by Crippen LogP contribution is -2.37. The van der Waals surface area contributed by atoms with Crippen molar-refractivity contribution in [1.29, 1.82) is 0 Å². The van der Waals surface area contributed by atoms with Crippen LogP contribution in [0.4, 0.5) is 9.18 Å². The van der Waals surface area contributed by atoms with Gasteiger partial charge in [0.15, 0.2) is 0 Å². The SMILES string of the molecule is CCc1ccc(F)c(C(C)[C@H](NC(=O)OC(C)(C)C)c2n[nH]c(=O)o2)c1C. The first kappa shape index (κ1) is 20.7. The molecule has 1 amide bonds. The van der Waals surface area contributed by atoms with Crippen LogP contribution in [0.5, 0.6) is 0 Å². The fourth-order valence-corrected chi connectivity index (χ4v) is 3.06. The van der Waals surface area contributed by atoms with Gasteiger partial charge >= 0.3 is 11.8 Å². The number of nitrogens with one attached hydrogen (secondary N) is 2. The van der Waals surface area contributed by atoms with E-state index in [0.717, 1.165) is 17.5 Å². The molecule has 2 N–H and O–H groups in total. The number of aromatic nitrogens is 2. The first-order chi connectivity index (χ1) is 12.5. The molecule has 1 heterocycles. The Labute approximate surface area is 157 Å². The third kappa shape index (κ3) is 4.96. The number of ether oxygens (including phenoxy) is 1. The van der Waals surface area contributed by atoms with Gasteiger partial charge in [0.2, 0.25) is 5.89 Å². The van der Waals surface area contributed by atoms with Gasteiger partial charge in [-0.25, -0.2) is 19.1 Å². The van der Waals surface area contributed by atoms with Crippen molar-refractivity contribution in [2.24, 2.45) is 0 Å². The number of halogens is 1. The van der Waals surface area contributed by atoms with E-state index in [-0.39, 0.29) is 5.89 Å². The van der Waals surface area contributed by atoms with Crippen LogP contribution < -0.4 is 11.1 Å². The number of carbonyl (C=O) groups excluding carboxylic acids is 1. The van der Waals surface area contributed by atoms with Crippen molar-refractivity contribution in [1.82, 2.24) is 15.5 Å². The van der Waals surface area contributed by atoms with Crippen molar-refractivity contribution < 1.29 is 18.3 Å². The summed E-state index contributed by atoms with van der Waals surface area (Å²) in [6, 6.07) is 2.26. The standard InChI is InChI=1S/C19H26FN3O4/c1-7-12-8-9-13(20)14(10(12)2)11(3)15(16-22-23-18(25)26-16)21-17(24)27-19(4,5)6/h8-9,11,15H,7H2,1-6H3,(H,21,24)(H,23,25)/t11?,15-/m0/s1. The van der Waals surface area contributed by atoms with Crippen molar-refractivity contribution in [3.05, 3.63) is 51.1 Å². The molecule has 27 heavy (non-hydrogen) atoms. The minimum Gasteiger partial charge on any atom is -0.444 e. The number of hydrogen-bond donors (Lipinski definition) is 2. The van der Waals surface area contributed by atoms with Gasteiger partial charge < -0.3 is 14.5 Å². The predicted molar refractivity (Wildman–Crippen MR) is 98.2 cm³/mol. The zero-order chi connectivity index (χ0) is 20.4. The normalized spacial score (nSPS) is 13.9. The number of rotatable bonds is 5. The molecule has 2 aromatic rings. The summed E-state index contributed by atoms with van der Waals surface area (Å²) in [5, 5.41) is 8.64. The maximum absolute atomic E-state index is 14.6. The van der Waals surface area contributed by atoms with Crippen LogP contribution in [0.2, 0.25) is 0 Å². The van der Waals surface area contributed by atoms with Crippen LogP contribution >= 0.6 is 0 Å². The predicted octanol–water partition coefficient (Wildman–Crippen LogP) is 3.74. The molecular weight excluding hydrogens is 353 g/mol. The third-order valence-electron chi connectivity index (χ3n) is 4.30. The maximum Gasteiger partial charge on any atom is 0.434 e. The van der Waals surface area contributed by atoms with Gasteiger partial charge in [0.1, 0.15) is 17.5 Å². The highest BCUT2D eigenvalue weighted by Crippen LogP contribution is 2.34. The number of nitrogens with zero attached hydrogens (tertiary/aromatic N) is 1. The molecule has 0 aliphatic carbocycles. The monoisotopic (exact) mass is 379 g/mol. The molecule has 1 aromatic carbocycles. The lowest BCUT2D eigenvalue weighted by Gasteiger charge is -2.27. The molecule has 0 saturated carbocycles. The van der Waals surface area contributed by atoms with E-state index in [1.54, 1.807) is 33.8 Å². The summed E-state index contributed by atoms with van der Waals surface area (Å²) < 4.78 is 25.0. The molecule has 8 heteroatoms. The number of hydrogen-bond acceptors (Lipinski definition) is 5. The number of carbonyl (C=O) groups is 1. The van der Waals surface area contributed by atoms with E-state index in [1.165, 1.54) is 6.07 Å². The molecule has 2 atom stereocenters. The smallest absolute Gasteiger partial charge is 0.434 e. The number of H-pyrrole nitrogens is 1. The molecule has 0 aliphatic rings. The molecule has 0 bridgehead atoms. The van der Waals surface area contributed by atoms with E-state index in [2.05, 4.69) is 15.5 Å². The number of amides is 1. The van der Waals surface area contributed by atoms with Crippen molar-refractivity contribution in [3.63, 3.8) is 0 Å². The highest BCUT2D eigenvalue weighted by molar-refractivity contribution is 5.68. The van der Waals surface area contributed by atoms with Crippen molar-refractivity contribution in [3.8, 4) is 0 Å². The average Bonchev–Trinajstić information content (AvgIpc) is 2.97. The van der Waals surface area contributed by atoms with Gasteiger partial charge in [0.25, 0.3) is 0 Å². The molecule has 1 unspecified atom stereocenters. The van der Waals surface area contributed by atoms with Crippen molar-refractivity contribution in [2.45, 2.75) is 65.5 Å². The van der Waals surface area contributed by atoms with E-state index in [0.29, 0.717) is 5.56 Å². The number of alkyl carbamates (subject to hydrolysis) is 1. The summed E-state index contributed by atoms with van der Waals surface area (Å²) >= 11 is 0. The van der Waals surface area contributed by atoms with E-state index in [1.807, 2.05) is 13.8 Å². The fraction of sp³-hybridized carbons (Fsp3) is 0.526. The van der Waals surface area contributed by atoms with E-state index in [9.17, 15) is 14.0 Å². The van der Waals surface area contributed by atoms with Gasteiger partial charge in [0, 0.05) is 5.92 Å². The van der Waals surface area contributed by atoms with Crippen LogP contribution in [0.15, 0.2) is 21.3 Å². The van der Waals surface area contributed by atoms with E-state index in [4.69, 9.17) is 9.15 Å². The second-order valence-electron chi connectivity index (χ2n) is 7.46. The molecule has 1 aromatic heterocycles. The third-order valence-corrected chi connectivity index (χ3v) is 4.30. The summed E-state index contributed by atoms with van der Waals surface area (Å²) in [5.74, 6) is -1.76. The highest BCUT2D eigenvalue weighted by atomic mass is 19.1. The largest absolute Gasteiger partial charge is 0.444 e. The lowest BCUT2D eigenvalue weighted by molar-refractivity contribution is 0.0486. The van der Waals surface area contributed by atoms with Gasteiger partial charge in [-0.2, -0.15) is 0 Å². The summed E-state index contributed by atoms with van der Waals surface area (Å²) in [6.07, 6.45) is 0.0303. The number of benzene rings is 1. The van der Waals surface area contributed by atoms with Gasteiger partial charge in [-0.15, -0.1) is 5.10 Å². The molecule has 2 rings (SSSR count). The fourth-order valence-electron chi connectivity index (χ4n) is 3.06. The zero-order valence-electron chi connectivity index (χ0n) is 16.5. The Morgan fingerprint density at radius 3 is 2.59 bits per heavy atom. The first-order valence-corrected chi connectivity index (χ1v) is 8.86. The zero-order valence-corrected chi connectivity index (χ0v) is 16.5. The summed E-state index contributed by atoms with van der Waals surface area (Å²) in [7, 11) is 0. The van der Waals surface area contributed by atoms with Crippen molar-refractivity contribution >= 4 is 6.09 Å². The molecule has 0 saturated heterocycles. The summed E-state index contributed by atoms with van der Waals surface area (Å²) in [4.78, 5) is 23.7.